The van der Waals surface area contributed by atoms with Crippen LogP contribution in [0.2, 0.25) is 0 Å². The quantitative estimate of drug-likeness (QED) is 0.626. The maximum Gasteiger partial charge on any atom is 0.265 e. The van der Waals surface area contributed by atoms with Crippen LogP contribution in [0.1, 0.15) is 39.6 Å². The lowest BCUT2D eigenvalue weighted by molar-refractivity contribution is 0.0997. The lowest BCUT2D eigenvalue weighted by Crippen LogP contribution is -2.03. The van der Waals surface area contributed by atoms with Crippen LogP contribution in [0.5, 0.6) is 0 Å². The second kappa shape index (κ2) is 4.61. The molecule has 1 rings (SSSR count). The summed E-state index contributed by atoms with van der Waals surface area (Å²) in [6.45, 7) is 1.20. The third-order valence-corrected chi connectivity index (χ3v) is 2.82. The van der Waals surface area contributed by atoms with Gasteiger partial charge in [-0.15, -0.1) is 0 Å². The molecular formula is C10H7BrF2O2. The molecule has 0 spiro atoms. The van der Waals surface area contributed by atoms with Gasteiger partial charge in [-0.25, -0.2) is 8.78 Å². The van der Waals surface area contributed by atoms with Crippen molar-refractivity contribution in [2.24, 2.45) is 0 Å². The van der Waals surface area contributed by atoms with Gasteiger partial charge in [0.05, 0.1) is 0 Å². The highest BCUT2D eigenvalue weighted by atomic mass is 79.9. The molecule has 1 aromatic rings. The fourth-order valence-electron chi connectivity index (χ4n) is 1.22. The Labute approximate surface area is 93.4 Å². The zero-order valence-electron chi connectivity index (χ0n) is 7.76. The van der Waals surface area contributed by atoms with Gasteiger partial charge in [-0.3, -0.25) is 9.59 Å². The molecule has 0 bridgehead atoms. The Morgan fingerprint density at radius 2 is 2.07 bits per heavy atom. The van der Waals surface area contributed by atoms with Gasteiger partial charge in [0.15, 0.2) is 12.1 Å². The lowest BCUT2D eigenvalue weighted by atomic mass is 10.0. The van der Waals surface area contributed by atoms with E-state index >= 15 is 0 Å². The molecule has 2 nitrogen and oxygen atoms in total. The number of Topliss-reactive ketones (excluding diaryl/α,β-unsaturated/α-hetero) is 1. The van der Waals surface area contributed by atoms with E-state index in [1.165, 1.54) is 19.1 Å². The Balaban J connectivity index is 3.51. The molecule has 0 aliphatic carbocycles. The van der Waals surface area contributed by atoms with E-state index < -0.39 is 17.8 Å². The van der Waals surface area contributed by atoms with Gasteiger partial charge in [0, 0.05) is 21.2 Å². The minimum absolute atomic E-state index is 0.0137. The number of carbonyl (C=O) groups is 2. The Morgan fingerprint density at radius 1 is 1.47 bits per heavy atom. The van der Waals surface area contributed by atoms with E-state index in [-0.39, 0.29) is 15.6 Å². The topological polar surface area (TPSA) is 34.1 Å². The van der Waals surface area contributed by atoms with Crippen molar-refractivity contribution in [1.29, 1.82) is 0 Å². The Bertz CT molecular complexity index is 416. The maximum atomic E-state index is 12.7. The first-order valence-electron chi connectivity index (χ1n) is 4.05. The molecular weight excluding hydrogens is 270 g/mol. The van der Waals surface area contributed by atoms with E-state index in [9.17, 15) is 18.4 Å². The van der Waals surface area contributed by atoms with Crippen LogP contribution < -0.4 is 0 Å². The number of alkyl halides is 2. The van der Waals surface area contributed by atoms with Crippen molar-refractivity contribution in [2.75, 3.05) is 0 Å². The molecule has 0 N–H and O–H groups in total. The average Bonchev–Trinajstić information content (AvgIpc) is 2.16. The van der Waals surface area contributed by atoms with E-state index in [2.05, 4.69) is 15.9 Å². The second-order valence-corrected chi connectivity index (χ2v) is 3.70. The summed E-state index contributed by atoms with van der Waals surface area (Å²) in [7, 11) is 0. The molecule has 0 aliphatic rings. The molecule has 0 saturated heterocycles. The van der Waals surface area contributed by atoms with Crippen molar-refractivity contribution in [3.8, 4) is 0 Å². The van der Waals surface area contributed by atoms with Crippen LogP contribution in [0.3, 0.4) is 0 Å². The molecule has 1 aromatic carbocycles. The van der Waals surface area contributed by atoms with Gasteiger partial charge in [0.1, 0.15) is 0 Å². The Morgan fingerprint density at radius 3 is 2.47 bits per heavy atom. The minimum atomic E-state index is -2.79. The monoisotopic (exact) mass is 276 g/mol. The molecule has 5 heteroatoms. The van der Waals surface area contributed by atoms with Crippen LogP contribution in [0, 0.1) is 0 Å². The fourth-order valence-corrected chi connectivity index (χ4v) is 1.83. The van der Waals surface area contributed by atoms with Crippen LogP contribution in [-0.2, 0) is 0 Å². The van der Waals surface area contributed by atoms with Gasteiger partial charge < -0.3 is 0 Å². The Hall–Kier alpha value is -1.10. The number of rotatable bonds is 3. The lowest BCUT2D eigenvalue weighted by Gasteiger charge is -2.09. The molecule has 0 heterocycles. The van der Waals surface area contributed by atoms with Crippen molar-refractivity contribution in [1.82, 2.24) is 0 Å². The number of benzene rings is 1. The summed E-state index contributed by atoms with van der Waals surface area (Å²) in [6, 6.07) is 2.57. The van der Waals surface area contributed by atoms with Gasteiger partial charge in [-0.2, -0.15) is 0 Å². The number of ketones is 1. The predicted octanol–water partition coefficient (Wildman–Crippen LogP) is 3.40. The van der Waals surface area contributed by atoms with Crippen molar-refractivity contribution in [3.63, 3.8) is 0 Å². The third kappa shape index (κ3) is 2.28. The number of hydrogen-bond donors (Lipinski definition) is 0. The summed E-state index contributed by atoms with van der Waals surface area (Å²) in [5.41, 5.74) is -0.384. The molecule has 0 fully saturated rings. The van der Waals surface area contributed by atoms with Gasteiger partial charge in [0.25, 0.3) is 6.43 Å². The van der Waals surface area contributed by atoms with Gasteiger partial charge in [-0.1, -0.05) is 6.07 Å². The smallest absolute Gasteiger partial charge is 0.265 e. The molecule has 0 radical (unpaired) electrons. The number of carbonyl (C=O) groups excluding carboxylic acids is 2. The molecule has 0 saturated carbocycles. The van der Waals surface area contributed by atoms with Gasteiger partial charge in [0.2, 0.25) is 0 Å². The molecule has 15 heavy (non-hydrogen) atoms. The summed E-state index contributed by atoms with van der Waals surface area (Å²) < 4.78 is 25.3. The summed E-state index contributed by atoms with van der Waals surface area (Å²) in [5, 5.41) is 0. The highest BCUT2D eigenvalue weighted by Gasteiger charge is 2.21. The minimum Gasteiger partial charge on any atom is -0.298 e. The highest BCUT2D eigenvalue weighted by Crippen LogP contribution is 2.32. The summed E-state index contributed by atoms with van der Waals surface area (Å²) >= 11 is 2.90. The van der Waals surface area contributed by atoms with E-state index in [1.54, 1.807) is 0 Å². The first-order valence-corrected chi connectivity index (χ1v) is 4.85. The molecule has 0 aliphatic heterocycles. The fraction of sp³-hybridized carbons (Fsp3) is 0.200. The molecule has 80 valence electrons. The molecule has 0 unspecified atom stereocenters. The highest BCUT2D eigenvalue weighted by molar-refractivity contribution is 9.10. The van der Waals surface area contributed by atoms with Crippen LogP contribution >= 0.6 is 15.9 Å². The van der Waals surface area contributed by atoms with Crippen molar-refractivity contribution in [3.05, 3.63) is 33.3 Å². The Kier molecular flexibility index (Phi) is 3.68. The average molecular weight is 277 g/mol. The zero-order chi connectivity index (χ0) is 11.6. The summed E-state index contributed by atoms with van der Waals surface area (Å²) in [6.07, 6.45) is -2.34. The first kappa shape index (κ1) is 12.0. The van der Waals surface area contributed by atoms with E-state index in [4.69, 9.17) is 0 Å². The first-order chi connectivity index (χ1) is 6.99. The standard InChI is InChI=1S/C10H7BrF2O2/c1-5(15)7-3-2-6(4-14)9(11)8(7)10(12)13/h2-4,10H,1H3. The van der Waals surface area contributed by atoms with Crippen LogP contribution in [0.4, 0.5) is 8.78 Å². The van der Waals surface area contributed by atoms with E-state index in [0.29, 0.717) is 6.29 Å². The summed E-state index contributed by atoms with van der Waals surface area (Å²) in [4.78, 5) is 21.6. The third-order valence-electron chi connectivity index (χ3n) is 1.93. The SMILES string of the molecule is CC(=O)c1ccc(C=O)c(Br)c1C(F)F. The zero-order valence-corrected chi connectivity index (χ0v) is 9.35. The van der Waals surface area contributed by atoms with Crippen molar-refractivity contribution >= 4 is 28.0 Å². The number of hydrogen-bond acceptors (Lipinski definition) is 2. The molecule has 0 atom stereocenters. The molecule has 0 aromatic heterocycles. The van der Waals surface area contributed by atoms with Gasteiger partial charge >= 0.3 is 0 Å². The number of halogens is 3. The van der Waals surface area contributed by atoms with Gasteiger partial charge in [-0.05, 0) is 28.9 Å². The largest absolute Gasteiger partial charge is 0.298 e. The van der Waals surface area contributed by atoms with Crippen LogP contribution in [0.25, 0.3) is 0 Å². The van der Waals surface area contributed by atoms with E-state index in [1.807, 2.05) is 0 Å². The van der Waals surface area contributed by atoms with Crippen molar-refractivity contribution < 1.29 is 18.4 Å². The normalized spacial score (nSPS) is 10.5. The predicted molar refractivity (Wildman–Crippen MR) is 54.5 cm³/mol. The molecule has 0 amide bonds. The van der Waals surface area contributed by atoms with Crippen molar-refractivity contribution in [2.45, 2.75) is 13.3 Å². The number of aldehydes is 1. The van der Waals surface area contributed by atoms with E-state index in [0.717, 1.165) is 0 Å². The van der Waals surface area contributed by atoms with Crippen LogP contribution in [-0.4, -0.2) is 12.1 Å². The summed E-state index contributed by atoms with van der Waals surface area (Å²) in [5.74, 6) is -0.455. The maximum absolute atomic E-state index is 12.7. The second-order valence-electron chi connectivity index (χ2n) is 2.90. The van der Waals surface area contributed by atoms with Crippen LogP contribution in [0.15, 0.2) is 16.6 Å².